The fourth-order valence-corrected chi connectivity index (χ4v) is 3.76. The van der Waals surface area contributed by atoms with Crippen molar-refractivity contribution in [3.05, 3.63) is 71.8 Å². The molecule has 2 aromatic carbocycles. The molecular weight excluding hydrogens is 308 g/mol. The third-order valence-corrected chi connectivity index (χ3v) is 5.18. The number of nitrogens with zero attached hydrogens (tertiary/aromatic N) is 1. The summed E-state index contributed by atoms with van der Waals surface area (Å²) in [4.78, 5) is 13.8. The monoisotopic (exact) mass is 336 g/mol. The molecule has 0 aliphatic carbocycles. The second-order valence-corrected chi connectivity index (χ2v) is 7.00. The molecule has 0 radical (unpaired) electrons. The van der Waals surface area contributed by atoms with Crippen LogP contribution in [0.25, 0.3) is 0 Å². The van der Waals surface area contributed by atoms with E-state index >= 15 is 0 Å². The number of hydrogen-bond donors (Lipinski definition) is 1. The van der Waals surface area contributed by atoms with Crippen LogP contribution >= 0.6 is 0 Å². The Kier molecular flexibility index (Phi) is 6.24. The van der Waals surface area contributed by atoms with Crippen LogP contribution in [0.2, 0.25) is 0 Å². The molecule has 1 aliphatic rings. The third kappa shape index (κ3) is 5.17. The van der Waals surface area contributed by atoms with Crippen molar-refractivity contribution in [2.45, 2.75) is 32.2 Å². The zero-order chi connectivity index (χ0) is 17.5. The Hall–Kier alpha value is -2.13. The van der Waals surface area contributed by atoms with Crippen LogP contribution in [0, 0.1) is 5.92 Å². The zero-order valence-corrected chi connectivity index (χ0v) is 15.0. The number of nitrogens with one attached hydrogen (secondary N) is 1. The maximum atomic E-state index is 11.8. The van der Waals surface area contributed by atoms with Crippen LogP contribution in [0.3, 0.4) is 0 Å². The third-order valence-electron chi connectivity index (χ3n) is 5.18. The van der Waals surface area contributed by atoms with Gasteiger partial charge in [-0.3, -0.25) is 4.79 Å². The van der Waals surface area contributed by atoms with Gasteiger partial charge in [-0.2, -0.15) is 0 Å². The van der Waals surface area contributed by atoms with E-state index in [1.54, 1.807) is 6.92 Å². The summed E-state index contributed by atoms with van der Waals surface area (Å²) in [5.41, 5.74) is 2.73. The Balaban J connectivity index is 1.60. The fourth-order valence-electron chi connectivity index (χ4n) is 3.76. The summed E-state index contributed by atoms with van der Waals surface area (Å²) < 4.78 is 0. The molecule has 1 N–H and O–H groups in total. The number of carbonyl (C=O) groups excluding carboxylic acids is 1. The molecule has 0 unspecified atom stereocenters. The van der Waals surface area contributed by atoms with Crippen molar-refractivity contribution in [1.82, 2.24) is 10.2 Å². The number of benzene rings is 2. The smallest absolute Gasteiger partial charge is 0.219 e. The lowest BCUT2D eigenvalue weighted by Gasteiger charge is -2.39. The first kappa shape index (κ1) is 17.7. The number of hydrogen-bond acceptors (Lipinski definition) is 2. The highest BCUT2D eigenvalue weighted by atomic mass is 16.2. The lowest BCUT2D eigenvalue weighted by molar-refractivity contribution is -0.131. The molecule has 0 spiro atoms. The van der Waals surface area contributed by atoms with E-state index < -0.39 is 0 Å². The molecule has 132 valence electrons. The van der Waals surface area contributed by atoms with E-state index in [1.165, 1.54) is 11.1 Å². The van der Waals surface area contributed by atoms with Gasteiger partial charge in [0, 0.05) is 26.1 Å². The van der Waals surface area contributed by atoms with Gasteiger partial charge >= 0.3 is 0 Å². The van der Waals surface area contributed by atoms with E-state index in [0.717, 1.165) is 38.9 Å². The maximum Gasteiger partial charge on any atom is 0.219 e. The Morgan fingerprint density at radius 3 is 2.32 bits per heavy atom. The Labute approximate surface area is 151 Å². The van der Waals surface area contributed by atoms with Gasteiger partial charge in [-0.05, 0) is 42.9 Å². The highest BCUT2D eigenvalue weighted by Crippen LogP contribution is 2.22. The Bertz CT molecular complexity index is 656. The molecule has 0 bridgehead atoms. The van der Waals surface area contributed by atoms with Crippen molar-refractivity contribution >= 4 is 5.91 Å². The molecule has 3 nitrogen and oxygen atoms in total. The summed E-state index contributed by atoms with van der Waals surface area (Å²) in [6, 6.07) is 21.7. The summed E-state index contributed by atoms with van der Waals surface area (Å²) in [6.07, 6.45) is 3.10. The van der Waals surface area contributed by atoms with Crippen molar-refractivity contribution in [3.8, 4) is 0 Å². The minimum absolute atomic E-state index is 0.195. The molecule has 0 aromatic heterocycles. The van der Waals surface area contributed by atoms with E-state index in [4.69, 9.17) is 0 Å². The van der Waals surface area contributed by atoms with E-state index in [1.807, 2.05) is 4.90 Å². The first-order chi connectivity index (χ1) is 12.2. The van der Waals surface area contributed by atoms with Gasteiger partial charge in [-0.25, -0.2) is 0 Å². The van der Waals surface area contributed by atoms with Crippen molar-refractivity contribution in [1.29, 1.82) is 0 Å². The largest absolute Gasteiger partial charge is 0.343 e. The Morgan fingerprint density at radius 2 is 1.68 bits per heavy atom. The normalized spacial score (nSPS) is 20.4. The minimum atomic E-state index is 0.195. The van der Waals surface area contributed by atoms with Gasteiger partial charge in [0.25, 0.3) is 0 Å². The number of carbonyl (C=O) groups is 1. The van der Waals surface area contributed by atoms with Crippen LogP contribution in [-0.4, -0.2) is 36.5 Å². The van der Waals surface area contributed by atoms with Gasteiger partial charge in [-0.1, -0.05) is 60.7 Å². The van der Waals surface area contributed by atoms with Gasteiger partial charge in [-0.15, -0.1) is 0 Å². The molecule has 2 aromatic rings. The lowest BCUT2D eigenvalue weighted by Crippen LogP contribution is -2.51. The van der Waals surface area contributed by atoms with Crippen molar-refractivity contribution in [2.75, 3.05) is 19.6 Å². The summed E-state index contributed by atoms with van der Waals surface area (Å²) in [5.74, 6) is 0.664. The van der Waals surface area contributed by atoms with Crippen LogP contribution in [0.15, 0.2) is 60.7 Å². The van der Waals surface area contributed by atoms with Gasteiger partial charge in [0.1, 0.15) is 0 Å². The molecule has 1 aliphatic heterocycles. The average molecular weight is 336 g/mol. The second kappa shape index (κ2) is 8.82. The maximum absolute atomic E-state index is 11.8. The highest BCUT2D eigenvalue weighted by molar-refractivity contribution is 5.73. The molecule has 3 rings (SSSR count). The Morgan fingerprint density at radius 1 is 1.04 bits per heavy atom. The molecule has 1 fully saturated rings. The predicted molar refractivity (Wildman–Crippen MR) is 102 cm³/mol. The quantitative estimate of drug-likeness (QED) is 0.878. The summed E-state index contributed by atoms with van der Waals surface area (Å²) >= 11 is 0. The molecule has 25 heavy (non-hydrogen) atoms. The summed E-state index contributed by atoms with van der Waals surface area (Å²) in [7, 11) is 0. The first-order valence-electron chi connectivity index (χ1n) is 9.29. The van der Waals surface area contributed by atoms with Crippen LogP contribution in [0.4, 0.5) is 0 Å². The van der Waals surface area contributed by atoms with Gasteiger partial charge < -0.3 is 10.2 Å². The lowest BCUT2D eigenvalue weighted by atomic mass is 9.86. The second-order valence-electron chi connectivity index (χ2n) is 7.00. The van der Waals surface area contributed by atoms with E-state index in [0.29, 0.717) is 12.0 Å². The number of piperidine rings is 1. The van der Waals surface area contributed by atoms with Crippen molar-refractivity contribution in [2.24, 2.45) is 5.92 Å². The van der Waals surface area contributed by atoms with Crippen LogP contribution in [0.1, 0.15) is 24.5 Å². The zero-order valence-electron chi connectivity index (χ0n) is 15.0. The number of rotatable bonds is 6. The molecule has 2 atom stereocenters. The molecule has 1 heterocycles. The number of likely N-dealkylation sites (tertiary alicyclic amines) is 1. The minimum Gasteiger partial charge on any atom is -0.343 e. The molecule has 3 heteroatoms. The summed E-state index contributed by atoms with van der Waals surface area (Å²) in [5, 5.41) is 3.76. The van der Waals surface area contributed by atoms with Crippen LogP contribution < -0.4 is 5.32 Å². The van der Waals surface area contributed by atoms with Crippen molar-refractivity contribution < 1.29 is 4.79 Å². The van der Waals surface area contributed by atoms with E-state index in [2.05, 4.69) is 66.0 Å². The fraction of sp³-hybridized carbons (Fsp3) is 0.409. The standard InChI is InChI=1S/C22H28N2O/c1-18(25)24-15-13-22(23-14-12-19-8-4-2-5-9-19)21(17-24)16-20-10-6-3-7-11-20/h2-11,21-23H,12-17H2,1H3/t21-,22+/m1/s1. The highest BCUT2D eigenvalue weighted by Gasteiger charge is 2.29. The predicted octanol–water partition coefficient (Wildman–Crippen LogP) is 3.30. The number of amides is 1. The average Bonchev–Trinajstić information content (AvgIpc) is 2.64. The summed E-state index contributed by atoms with van der Waals surface area (Å²) in [6.45, 7) is 4.39. The molecule has 1 amide bonds. The van der Waals surface area contributed by atoms with E-state index in [9.17, 15) is 4.79 Å². The topological polar surface area (TPSA) is 32.3 Å². The van der Waals surface area contributed by atoms with Gasteiger partial charge in [0.15, 0.2) is 0 Å². The SMILES string of the molecule is CC(=O)N1CC[C@H](NCCc2ccccc2)[C@H](Cc2ccccc2)C1. The first-order valence-corrected chi connectivity index (χ1v) is 9.29. The molecular formula is C22H28N2O. The van der Waals surface area contributed by atoms with Crippen LogP contribution in [0.5, 0.6) is 0 Å². The molecule has 0 saturated carbocycles. The van der Waals surface area contributed by atoms with Gasteiger partial charge in [0.2, 0.25) is 5.91 Å². The van der Waals surface area contributed by atoms with Gasteiger partial charge in [0.05, 0.1) is 0 Å². The van der Waals surface area contributed by atoms with Crippen molar-refractivity contribution in [3.63, 3.8) is 0 Å². The molecule has 1 saturated heterocycles. The van der Waals surface area contributed by atoms with Crippen LogP contribution in [-0.2, 0) is 17.6 Å². The van der Waals surface area contributed by atoms with E-state index in [-0.39, 0.29) is 5.91 Å².